The van der Waals surface area contributed by atoms with E-state index in [4.69, 9.17) is 13.9 Å². The zero-order chi connectivity index (χ0) is 14.6. The minimum Gasteiger partial charge on any atom is -0.466 e. The summed E-state index contributed by atoms with van der Waals surface area (Å²) in [4.78, 5) is 23.7. The van der Waals surface area contributed by atoms with Crippen molar-refractivity contribution in [2.75, 3.05) is 14.2 Å². The number of methoxy groups -OCH3 is 2. The summed E-state index contributed by atoms with van der Waals surface area (Å²) in [7, 11) is 0.710. The molecule has 1 aliphatic rings. The second-order valence-electron chi connectivity index (χ2n) is 5.16. The van der Waals surface area contributed by atoms with Crippen LogP contribution in [0.25, 0.3) is 0 Å². The van der Waals surface area contributed by atoms with Crippen molar-refractivity contribution in [1.29, 1.82) is 0 Å². The van der Waals surface area contributed by atoms with Gasteiger partial charge < -0.3 is 13.9 Å². The maximum absolute atomic E-state index is 11.9. The third kappa shape index (κ3) is 4.04. The molecule has 6 heteroatoms. The Morgan fingerprint density at radius 3 is 2.21 bits per heavy atom. The molecule has 1 rings (SSSR count). The molecule has 0 radical (unpaired) electrons. The summed E-state index contributed by atoms with van der Waals surface area (Å²) >= 11 is 0. The van der Waals surface area contributed by atoms with Crippen LogP contribution < -0.4 is 0 Å². The molecule has 5 nitrogen and oxygen atoms in total. The van der Waals surface area contributed by atoms with Gasteiger partial charge in [-0.1, -0.05) is 12.2 Å². The summed E-state index contributed by atoms with van der Waals surface area (Å²) in [5.41, 5.74) is 0.555. The molecule has 0 aromatic rings. The minimum absolute atomic E-state index is 0.249. The zero-order valence-electron chi connectivity index (χ0n) is 12.0. The van der Waals surface area contributed by atoms with Gasteiger partial charge in [0, 0.05) is 0 Å². The molecular weight excluding hydrogens is 264 g/mol. The molecule has 1 unspecified atom stereocenters. The second kappa shape index (κ2) is 6.16. The van der Waals surface area contributed by atoms with Crippen molar-refractivity contribution in [2.45, 2.75) is 32.2 Å². The van der Waals surface area contributed by atoms with Crippen LogP contribution in [-0.4, -0.2) is 40.6 Å². The van der Waals surface area contributed by atoms with Gasteiger partial charge in [-0.05, 0) is 26.1 Å². The lowest BCUT2D eigenvalue weighted by Crippen LogP contribution is -2.36. The number of ether oxygens (including phenoxy) is 2. The standard InChI is InChI=1S/C13H20O5Si/c1-16-12(14)9-7-6-8-10(18-19(3,4)5)11(9)13(15)17-2/h6,8,10H,7H2,1-5H3. The fourth-order valence-corrected chi connectivity index (χ4v) is 2.79. The van der Waals surface area contributed by atoms with E-state index in [1.807, 2.05) is 25.7 Å². The van der Waals surface area contributed by atoms with Crippen LogP contribution in [-0.2, 0) is 23.5 Å². The van der Waals surface area contributed by atoms with Crippen LogP contribution in [0.15, 0.2) is 23.3 Å². The first-order chi connectivity index (χ1) is 8.80. The summed E-state index contributed by atoms with van der Waals surface area (Å²) < 4.78 is 15.4. The maximum Gasteiger partial charge on any atom is 0.337 e. The second-order valence-corrected chi connectivity index (χ2v) is 9.62. The quantitative estimate of drug-likeness (QED) is 0.447. The van der Waals surface area contributed by atoms with Crippen LogP contribution in [0.4, 0.5) is 0 Å². The zero-order valence-corrected chi connectivity index (χ0v) is 13.0. The van der Waals surface area contributed by atoms with Gasteiger partial charge in [0.25, 0.3) is 0 Å². The Morgan fingerprint density at radius 2 is 1.74 bits per heavy atom. The Morgan fingerprint density at radius 1 is 1.16 bits per heavy atom. The summed E-state index contributed by atoms with van der Waals surface area (Å²) in [6, 6.07) is 0. The average Bonchev–Trinajstić information content (AvgIpc) is 2.34. The molecule has 0 amide bonds. The third-order valence-corrected chi connectivity index (χ3v) is 3.52. The lowest BCUT2D eigenvalue weighted by atomic mass is 9.95. The summed E-state index contributed by atoms with van der Waals surface area (Å²) in [6.45, 7) is 6.05. The lowest BCUT2D eigenvalue weighted by Gasteiger charge is -2.28. The Balaban J connectivity index is 3.18. The highest BCUT2D eigenvalue weighted by molar-refractivity contribution is 6.69. The number of hydrogen-bond donors (Lipinski definition) is 0. The molecule has 0 fully saturated rings. The van der Waals surface area contributed by atoms with Crippen LogP contribution in [0.1, 0.15) is 6.42 Å². The highest BCUT2D eigenvalue weighted by Crippen LogP contribution is 2.26. The molecule has 0 aromatic carbocycles. The molecule has 0 spiro atoms. The van der Waals surface area contributed by atoms with E-state index < -0.39 is 26.4 Å². The van der Waals surface area contributed by atoms with Gasteiger partial charge in [-0.3, -0.25) is 0 Å². The van der Waals surface area contributed by atoms with Crippen LogP contribution in [0.5, 0.6) is 0 Å². The first kappa shape index (κ1) is 15.7. The van der Waals surface area contributed by atoms with Crippen LogP contribution in [0, 0.1) is 0 Å². The van der Waals surface area contributed by atoms with Gasteiger partial charge in [0.05, 0.1) is 31.5 Å². The number of allylic oxidation sites excluding steroid dienone is 1. The molecule has 0 saturated carbocycles. The van der Waals surface area contributed by atoms with Crippen LogP contribution in [0.3, 0.4) is 0 Å². The van der Waals surface area contributed by atoms with Crippen molar-refractivity contribution in [2.24, 2.45) is 0 Å². The first-order valence-electron chi connectivity index (χ1n) is 6.04. The van der Waals surface area contributed by atoms with E-state index in [0.717, 1.165) is 0 Å². The van der Waals surface area contributed by atoms with Crippen molar-refractivity contribution in [1.82, 2.24) is 0 Å². The van der Waals surface area contributed by atoms with E-state index >= 15 is 0 Å². The van der Waals surface area contributed by atoms with E-state index in [1.54, 1.807) is 6.08 Å². The average molecular weight is 284 g/mol. The number of carbonyl (C=O) groups excluding carboxylic acids is 2. The van der Waals surface area contributed by atoms with Gasteiger partial charge in [-0.25, -0.2) is 9.59 Å². The van der Waals surface area contributed by atoms with E-state index in [-0.39, 0.29) is 5.57 Å². The number of esters is 2. The van der Waals surface area contributed by atoms with Gasteiger partial charge in [-0.15, -0.1) is 0 Å². The van der Waals surface area contributed by atoms with E-state index in [2.05, 4.69) is 0 Å². The van der Waals surface area contributed by atoms with Crippen molar-refractivity contribution >= 4 is 20.3 Å². The Bertz CT molecular complexity index is 431. The predicted octanol–water partition coefficient (Wildman–Crippen LogP) is 1.81. The normalized spacial score (nSPS) is 19.3. The molecular formula is C13H20O5Si. The summed E-state index contributed by atoms with van der Waals surface area (Å²) in [5, 5.41) is 0. The molecule has 19 heavy (non-hydrogen) atoms. The molecule has 106 valence electrons. The Hall–Kier alpha value is -1.40. The van der Waals surface area contributed by atoms with E-state index in [9.17, 15) is 9.59 Å². The number of carbonyl (C=O) groups is 2. The monoisotopic (exact) mass is 284 g/mol. The lowest BCUT2D eigenvalue weighted by molar-refractivity contribution is -0.140. The van der Waals surface area contributed by atoms with Crippen molar-refractivity contribution in [3.63, 3.8) is 0 Å². The highest BCUT2D eigenvalue weighted by atomic mass is 28.4. The Labute approximate surface area is 114 Å². The summed E-state index contributed by atoms with van der Waals surface area (Å²) in [6.07, 6.45) is 3.41. The van der Waals surface area contributed by atoms with Crippen molar-refractivity contribution < 1.29 is 23.5 Å². The summed E-state index contributed by atoms with van der Waals surface area (Å²) in [5.74, 6) is -1.07. The molecule has 1 aliphatic carbocycles. The van der Waals surface area contributed by atoms with E-state index in [1.165, 1.54) is 14.2 Å². The van der Waals surface area contributed by atoms with Crippen LogP contribution >= 0.6 is 0 Å². The molecule has 0 N–H and O–H groups in total. The van der Waals surface area contributed by atoms with Crippen molar-refractivity contribution in [3.05, 3.63) is 23.3 Å². The van der Waals surface area contributed by atoms with Gasteiger partial charge in [0.1, 0.15) is 0 Å². The molecule has 0 saturated heterocycles. The molecule has 0 aromatic heterocycles. The van der Waals surface area contributed by atoms with Gasteiger partial charge >= 0.3 is 11.9 Å². The van der Waals surface area contributed by atoms with Crippen LogP contribution in [0.2, 0.25) is 19.6 Å². The topological polar surface area (TPSA) is 61.8 Å². The van der Waals surface area contributed by atoms with Gasteiger partial charge in [0.2, 0.25) is 0 Å². The fourth-order valence-electron chi connectivity index (χ4n) is 1.83. The molecule has 1 atom stereocenters. The maximum atomic E-state index is 11.9. The molecule has 0 aliphatic heterocycles. The number of rotatable bonds is 4. The van der Waals surface area contributed by atoms with E-state index in [0.29, 0.717) is 12.0 Å². The largest absolute Gasteiger partial charge is 0.466 e. The highest BCUT2D eigenvalue weighted by Gasteiger charge is 2.33. The third-order valence-electron chi connectivity index (χ3n) is 2.56. The number of hydrogen-bond acceptors (Lipinski definition) is 5. The smallest absolute Gasteiger partial charge is 0.337 e. The molecule has 0 heterocycles. The Kier molecular flexibility index (Phi) is 5.08. The van der Waals surface area contributed by atoms with Crippen molar-refractivity contribution in [3.8, 4) is 0 Å². The van der Waals surface area contributed by atoms with Gasteiger partial charge in [0.15, 0.2) is 8.32 Å². The molecule has 0 bridgehead atoms. The first-order valence-corrected chi connectivity index (χ1v) is 9.45. The van der Waals surface area contributed by atoms with Gasteiger partial charge in [-0.2, -0.15) is 0 Å². The minimum atomic E-state index is -1.86. The SMILES string of the molecule is COC(=O)C1=C(C(=O)OC)C(O[Si](C)(C)C)C=CC1. The fraction of sp³-hybridized carbons (Fsp3) is 0.538. The predicted molar refractivity (Wildman–Crippen MR) is 73.0 cm³/mol.